The average Bonchev–Trinajstić information content (AvgIpc) is 3.16. The third-order valence-corrected chi connectivity index (χ3v) is 10.8. The molecule has 0 fully saturated rings. The summed E-state index contributed by atoms with van der Waals surface area (Å²) in [5.74, 6) is 0.747. The molecule has 0 aliphatic rings. The molecule has 0 spiro atoms. The Morgan fingerprint density at radius 2 is 1.13 bits per heavy atom. The van der Waals surface area contributed by atoms with Crippen molar-refractivity contribution in [1.82, 2.24) is 14.5 Å². The first-order valence-electron chi connectivity index (χ1n) is 16.7. The van der Waals surface area contributed by atoms with Crippen molar-refractivity contribution in [3.05, 3.63) is 60.9 Å². The van der Waals surface area contributed by atoms with Crippen molar-refractivity contribution < 1.29 is 54.4 Å². The minimum atomic E-state index is -4.73. The molecule has 0 saturated heterocycles. The molecular weight excluding hydrogens is 745 g/mol. The standard InChI is InChI=1S/C36H46N4O12S2/c1-9-39(26-11-13-29(37-19-26)24-15-31(47-3)35(51-7)32(16-24)48-4)21-28(22-53(41,42)43)40(10-2,23-54(44,45)46)27-12-14-30(38-20-27)25-17-33(49-5)36(52-8)34(18-25)50-6/h11-20,28H,9-10,21-23H2,1-8H3,(H-,41,42,43,44,45,46)/p+1. The zero-order valence-corrected chi connectivity index (χ0v) is 33.1. The maximum atomic E-state index is 12.7. The lowest BCUT2D eigenvalue weighted by Gasteiger charge is -2.44. The topological polar surface area (TPSA) is 193 Å². The van der Waals surface area contributed by atoms with Crippen molar-refractivity contribution in [3.63, 3.8) is 0 Å². The van der Waals surface area contributed by atoms with E-state index in [1.165, 1.54) is 48.9 Å². The van der Waals surface area contributed by atoms with Gasteiger partial charge < -0.3 is 33.3 Å². The number of benzene rings is 2. The second kappa shape index (κ2) is 17.5. The van der Waals surface area contributed by atoms with Crippen molar-refractivity contribution >= 4 is 31.6 Å². The van der Waals surface area contributed by atoms with E-state index in [1.807, 2.05) is 11.8 Å². The van der Waals surface area contributed by atoms with Gasteiger partial charge in [-0.15, -0.1) is 0 Å². The van der Waals surface area contributed by atoms with Gasteiger partial charge in [0.15, 0.2) is 28.7 Å². The maximum Gasteiger partial charge on any atom is 0.316 e. The van der Waals surface area contributed by atoms with Gasteiger partial charge in [0.2, 0.25) is 17.4 Å². The molecule has 18 heteroatoms. The summed E-state index contributed by atoms with van der Waals surface area (Å²) in [7, 11) is -0.436. The molecule has 2 heterocycles. The summed E-state index contributed by atoms with van der Waals surface area (Å²) >= 11 is 0. The van der Waals surface area contributed by atoms with E-state index < -0.39 is 42.4 Å². The van der Waals surface area contributed by atoms with Crippen LogP contribution in [0.5, 0.6) is 34.5 Å². The first kappa shape index (κ1) is 41.9. The fourth-order valence-corrected chi connectivity index (χ4v) is 8.50. The Hall–Kier alpha value is -4.88. The highest BCUT2D eigenvalue weighted by Gasteiger charge is 2.45. The molecule has 4 rings (SSSR count). The van der Waals surface area contributed by atoms with E-state index >= 15 is 0 Å². The highest BCUT2D eigenvalue weighted by Crippen LogP contribution is 2.42. The molecule has 2 unspecified atom stereocenters. The number of hydrogen-bond acceptors (Lipinski definition) is 13. The SMILES string of the molecule is CCN(CC(CS(=O)(=O)O)[N+](CC)(CS(=O)(=O)O)c1ccc(-c2cc(OC)c(OC)c(OC)c2)nc1)c1ccc(-c2cc(OC)c(OC)c(OC)c2)nc1. The van der Waals surface area contributed by atoms with Crippen LogP contribution in [0.4, 0.5) is 11.4 Å². The third-order valence-electron chi connectivity index (χ3n) is 9.17. The van der Waals surface area contributed by atoms with Gasteiger partial charge in [-0.2, -0.15) is 16.8 Å². The van der Waals surface area contributed by atoms with Crippen molar-refractivity contribution in [3.8, 4) is 57.0 Å². The highest BCUT2D eigenvalue weighted by molar-refractivity contribution is 7.86. The smallest absolute Gasteiger partial charge is 0.316 e. The summed E-state index contributed by atoms with van der Waals surface area (Å²) in [6.45, 7) is 3.79. The zero-order valence-electron chi connectivity index (χ0n) is 31.5. The van der Waals surface area contributed by atoms with Gasteiger partial charge in [0.05, 0.1) is 85.2 Å². The molecule has 0 bridgehead atoms. The molecule has 0 aliphatic carbocycles. The second-order valence-corrected chi connectivity index (χ2v) is 15.1. The van der Waals surface area contributed by atoms with Gasteiger partial charge >= 0.3 is 10.1 Å². The third kappa shape index (κ3) is 9.43. The molecule has 2 aromatic carbocycles. The monoisotopic (exact) mass is 791 g/mol. The Bertz CT molecular complexity index is 2070. The predicted molar refractivity (Wildman–Crippen MR) is 205 cm³/mol. The van der Waals surface area contributed by atoms with Gasteiger partial charge in [-0.3, -0.25) is 23.6 Å². The lowest BCUT2D eigenvalue weighted by molar-refractivity contribution is 0.246. The molecule has 2 atom stereocenters. The fourth-order valence-electron chi connectivity index (χ4n) is 6.50. The number of methoxy groups -OCH3 is 6. The van der Waals surface area contributed by atoms with Gasteiger partial charge in [0.1, 0.15) is 11.8 Å². The van der Waals surface area contributed by atoms with E-state index in [9.17, 15) is 25.9 Å². The van der Waals surface area contributed by atoms with Gasteiger partial charge in [0, 0.05) is 23.7 Å². The number of rotatable bonds is 19. The first-order valence-corrected chi connectivity index (χ1v) is 19.9. The molecule has 4 aromatic rings. The zero-order chi connectivity index (χ0) is 39.8. The van der Waals surface area contributed by atoms with Gasteiger partial charge in [-0.05, 0) is 56.3 Å². The number of aromatic nitrogens is 2. The van der Waals surface area contributed by atoms with Gasteiger partial charge in [0.25, 0.3) is 10.1 Å². The lowest BCUT2D eigenvalue weighted by Crippen LogP contribution is -2.64. The van der Waals surface area contributed by atoms with E-state index in [0.29, 0.717) is 69.2 Å². The van der Waals surface area contributed by atoms with Crippen LogP contribution >= 0.6 is 0 Å². The molecule has 0 aliphatic heterocycles. The second-order valence-electron chi connectivity index (χ2n) is 12.1. The number of pyridine rings is 2. The van der Waals surface area contributed by atoms with Crippen molar-refractivity contribution in [1.29, 1.82) is 0 Å². The number of anilines is 1. The summed E-state index contributed by atoms with van der Waals surface area (Å²) < 4.78 is 103. The van der Waals surface area contributed by atoms with Crippen LogP contribution in [0.2, 0.25) is 0 Å². The molecule has 294 valence electrons. The molecule has 2 N–H and O–H groups in total. The van der Waals surface area contributed by atoms with Crippen LogP contribution in [0, 0.1) is 0 Å². The summed E-state index contributed by atoms with van der Waals surface area (Å²) in [6.07, 6.45) is 3.03. The largest absolute Gasteiger partial charge is 0.493 e. The Kier molecular flexibility index (Phi) is 13.6. The highest BCUT2D eigenvalue weighted by atomic mass is 32.2. The molecular formula is C36H47N4O12S2+. The fraction of sp³-hybridized carbons (Fsp3) is 0.389. The Labute approximate surface area is 316 Å². The number of quaternary nitrogens is 1. The lowest BCUT2D eigenvalue weighted by atomic mass is 10.1. The number of likely N-dealkylation sites (N-methyl/N-ethyl adjacent to an activating group) is 2. The summed E-state index contributed by atoms with van der Waals surface area (Å²) in [5, 5.41) is 0. The van der Waals surface area contributed by atoms with Crippen LogP contribution in [0.25, 0.3) is 22.5 Å². The molecule has 0 amide bonds. The number of ether oxygens (including phenoxy) is 6. The van der Waals surface area contributed by atoms with E-state index in [4.69, 9.17) is 28.4 Å². The quantitative estimate of drug-likeness (QED) is 0.0970. The minimum Gasteiger partial charge on any atom is -0.493 e. The van der Waals surface area contributed by atoms with Gasteiger partial charge in [-0.1, -0.05) is 0 Å². The van der Waals surface area contributed by atoms with Crippen molar-refractivity contribution in [2.75, 3.05) is 78.8 Å². The number of hydrogen-bond donors (Lipinski definition) is 2. The molecule has 0 saturated carbocycles. The van der Waals surface area contributed by atoms with Crippen LogP contribution in [-0.2, 0) is 20.2 Å². The van der Waals surface area contributed by atoms with Crippen LogP contribution in [0.1, 0.15) is 13.8 Å². The molecule has 2 aromatic heterocycles. The van der Waals surface area contributed by atoms with E-state index in [0.717, 1.165) is 0 Å². The predicted octanol–water partition coefficient (Wildman–Crippen LogP) is 4.82. The normalized spacial score (nSPS) is 13.4. The maximum absolute atomic E-state index is 12.7. The van der Waals surface area contributed by atoms with Crippen LogP contribution < -0.4 is 37.8 Å². The van der Waals surface area contributed by atoms with Gasteiger partial charge in [-0.25, -0.2) is 0 Å². The summed E-state index contributed by atoms with van der Waals surface area (Å²) in [5.41, 5.74) is 3.18. The Balaban J connectivity index is 1.79. The van der Waals surface area contributed by atoms with Crippen LogP contribution in [0.15, 0.2) is 60.9 Å². The van der Waals surface area contributed by atoms with E-state index in [-0.39, 0.29) is 18.8 Å². The summed E-state index contributed by atoms with van der Waals surface area (Å²) in [6, 6.07) is 12.6. The first-order chi connectivity index (χ1) is 25.6. The van der Waals surface area contributed by atoms with Crippen molar-refractivity contribution in [2.45, 2.75) is 19.9 Å². The van der Waals surface area contributed by atoms with E-state index in [1.54, 1.807) is 61.7 Å². The Morgan fingerprint density at radius 3 is 1.44 bits per heavy atom. The number of nitrogens with zero attached hydrogens (tertiary/aromatic N) is 4. The van der Waals surface area contributed by atoms with Crippen LogP contribution in [-0.4, -0.2) is 116 Å². The van der Waals surface area contributed by atoms with Crippen molar-refractivity contribution in [2.24, 2.45) is 0 Å². The summed E-state index contributed by atoms with van der Waals surface area (Å²) in [4.78, 5) is 11.1. The molecule has 0 radical (unpaired) electrons. The Morgan fingerprint density at radius 1 is 0.667 bits per heavy atom. The minimum absolute atomic E-state index is 0.00105. The van der Waals surface area contributed by atoms with E-state index in [2.05, 4.69) is 9.97 Å². The molecule has 54 heavy (non-hydrogen) atoms. The molecule has 16 nitrogen and oxygen atoms in total. The van der Waals surface area contributed by atoms with Crippen LogP contribution in [0.3, 0.4) is 0 Å². The average molecular weight is 792 g/mol.